The Balaban J connectivity index is 2.27. The van der Waals surface area contributed by atoms with Crippen molar-refractivity contribution in [2.75, 3.05) is 0 Å². The lowest BCUT2D eigenvalue weighted by atomic mass is 10.0. The molecule has 2 heterocycles. The highest BCUT2D eigenvalue weighted by Gasteiger charge is 2.19. The molecule has 0 unspecified atom stereocenters. The molecule has 2 aromatic heterocycles. The number of furan rings is 1. The molecule has 0 bridgehead atoms. The molecule has 0 aromatic carbocycles. The average molecular weight is 218 g/mol. The van der Waals surface area contributed by atoms with E-state index in [0.717, 1.165) is 11.3 Å². The van der Waals surface area contributed by atoms with Crippen LogP contribution in [0.4, 0.5) is 0 Å². The smallest absolute Gasteiger partial charge is 0.174 e. The van der Waals surface area contributed by atoms with Crippen LogP contribution in [0.1, 0.15) is 33.3 Å². The number of aryl methyl sites for hydroxylation is 2. The molecule has 0 aliphatic rings. The fraction of sp³-hybridized carbons (Fsp3) is 0.333. The highest BCUT2D eigenvalue weighted by atomic mass is 16.3. The molecule has 84 valence electrons. The summed E-state index contributed by atoms with van der Waals surface area (Å²) in [7, 11) is 0. The van der Waals surface area contributed by atoms with Crippen molar-refractivity contribution in [3.8, 4) is 0 Å². The number of aromatic amines is 1. The van der Waals surface area contributed by atoms with Crippen molar-refractivity contribution in [1.29, 1.82) is 0 Å². The number of Topliss-reactive ketones (excluding diaryl/α,β-unsaturated/α-hetero) is 1. The fourth-order valence-corrected chi connectivity index (χ4v) is 1.84. The fourth-order valence-electron chi connectivity index (χ4n) is 1.84. The van der Waals surface area contributed by atoms with Crippen LogP contribution in [-0.2, 0) is 6.42 Å². The van der Waals surface area contributed by atoms with E-state index >= 15 is 0 Å². The molecule has 0 saturated heterocycles. The van der Waals surface area contributed by atoms with Crippen molar-refractivity contribution in [3.05, 3.63) is 40.9 Å². The van der Waals surface area contributed by atoms with Crippen molar-refractivity contribution in [2.45, 2.75) is 27.2 Å². The third kappa shape index (κ3) is 1.78. The van der Waals surface area contributed by atoms with Crippen LogP contribution in [-0.4, -0.2) is 15.8 Å². The van der Waals surface area contributed by atoms with Crippen molar-refractivity contribution < 1.29 is 9.21 Å². The number of nitrogens with one attached hydrogen (secondary N) is 1. The van der Waals surface area contributed by atoms with Crippen LogP contribution >= 0.6 is 0 Å². The maximum absolute atomic E-state index is 12.0. The zero-order chi connectivity index (χ0) is 11.7. The van der Waals surface area contributed by atoms with Gasteiger partial charge in [0.1, 0.15) is 17.3 Å². The minimum atomic E-state index is 0.0433. The zero-order valence-electron chi connectivity index (χ0n) is 9.63. The molecular formula is C12H14N2O2. The van der Waals surface area contributed by atoms with Gasteiger partial charge in [-0.2, -0.15) is 0 Å². The SMILES string of the molecule is Cc1oc(C)c(C(=O)Cc2ncc[nH]2)c1C. The molecule has 0 spiro atoms. The Hall–Kier alpha value is -1.84. The molecule has 2 rings (SSSR count). The normalized spacial score (nSPS) is 10.7. The second-order valence-electron chi connectivity index (χ2n) is 3.85. The third-order valence-corrected chi connectivity index (χ3v) is 2.72. The molecule has 4 nitrogen and oxygen atoms in total. The number of rotatable bonds is 3. The number of aromatic nitrogens is 2. The Bertz CT molecular complexity index is 509. The molecular weight excluding hydrogens is 204 g/mol. The molecule has 16 heavy (non-hydrogen) atoms. The van der Waals surface area contributed by atoms with E-state index in [0.29, 0.717) is 17.1 Å². The van der Waals surface area contributed by atoms with Crippen molar-refractivity contribution in [2.24, 2.45) is 0 Å². The van der Waals surface area contributed by atoms with E-state index in [9.17, 15) is 4.79 Å². The van der Waals surface area contributed by atoms with Crippen LogP contribution in [0.3, 0.4) is 0 Å². The number of carbonyl (C=O) groups excluding carboxylic acids is 1. The second kappa shape index (κ2) is 3.96. The van der Waals surface area contributed by atoms with Gasteiger partial charge in [-0.1, -0.05) is 0 Å². The molecule has 0 saturated carbocycles. The zero-order valence-corrected chi connectivity index (χ0v) is 9.63. The van der Waals surface area contributed by atoms with Gasteiger partial charge in [0, 0.05) is 18.0 Å². The molecule has 0 fully saturated rings. The van der Waals surface area contributed by atoms with Gasteiger partial charge in [-0.25, -0.2) is 4.98 Å². The molecule has 0 atom stereocenters. The number of H-pyrrole nitrogens is 1. The van der Waals surface area contributed by atoms with E-state index in [4.69, 9.17) is 4.42 Å². The summed E-state index contributed by atoms with van der Waals surface area (Å²) in [5.74, 6) is 2.22. The van der Waals surface area contributed by atoms with Gasteiger partial charge in [-0.15, -0.1) is 0 Å². The van der Waals surface area contributed by atoms with Gasteiger partial charge in [0.2, 0.25) is 0 Å². The van der Waals surface area contributed by atoms with Gasteiger partial charge in [-0.3, -0.25) is 4.79 Å². The van der Waals surface area contributed by atoms with Crippen molar-refractivity contribution >= 4 is 5.78 Å². The minimum Gasteiger partial charge on any atom is -0.466 e. The van der Waals surface area contributed by atoms with Gasteiger partial charge in [0.25, 0.3) is 0 Å². The topological polar surface area (TPSA) is 58.9 Å². The summed E-state index contributed by atoms with van der Waals surface area (Å²) in [5.41, 5.74) is 1.61. The quantitative estimate of drug-likeness (QED) is 0.804. The summed E-state index contributed by atoms with van der Waals surface area (Å²) >= 11 is 0. The van der Waals surface area contributed by atoms with E-state index in [2.05, 4.69) is 9.97 Å². The Morgan fingerprint density at radius 3 is 2.62 bits per heavy atom. The summed E-state index contributed by atoms with van der Waals surface area (Å²) in [6.07, 6.45) is 3.64. The van der Waals surface area contributed by atoms with Gasteiger partial charge in [0.05, 0.1) is 12.0 Å². The van der Waals surface area contributed by atoms with Gasteiger partial charge in [-0.05, 0) is 20.8 Å². The first-order chi connectivity index (χ1) is 7.59. The monoisotopic (exact) mass is 218 g/mol. The highest BCUT2D eigenvalue weighted by molar-refractivity contribution is 5.99. The molecule has 0 aliphatic heterocycles. The Morgan fingerprint density at radius 1 is 1.38 bits per heavy atom. The lowest BCUT2D eigenvalue weighted by molar-refractivity contribution is 0.0989. The average Bonchev–Trinajstić information content (AvgIpc) is 2.77. The lowest BCUT2D eigenvalue weighted by Crippen LogP contribution is -2.06. The first-order valence-electron chi connectivity index (χ1n) is 5.17. The molecule has 1 N–H and O–H groups in total. The highest BCUT2D eigenvalue weighted by Crippen LogP contribution is 2.21. The number of hydrogen-bond donors (Lipinski definition) is 1. The van der Waals surface area contributed by atoms with Crippen LogP contribution < -0.4 is 0 Å². The largest absolute Gasteiger partial charge is 0.466 e. The third-order valence-electron chi connectivity index (χ3n) is 2.72. The molecule has 4 heteroatoms. The second-order valence-corrected chi connectivity index (χ2v) is 3.85. The van der Waals surface area contributed by atoms with E-state index < -0.39 is 0 Å². The van der Waals surface area contributed by atoms with E-state index in [-0.39, 0.29) is 12.2 Å². The standard InChI is InChI=1S/C12H14N2O2/c1-7-8(2)16-9(3)12(7)10(15)6-11-13-4-5-14-11/h4-5H,6H2,1-3H3,(H,13,14). The van der Waals surface area contributed by atoms with Crippen LogP contribution in [0.2, 0.25) is 0 Å². The van der Waals surface area contributed by atoms with Crippen LogP contribution in [0.5, 0.6) is 0 Å². The van der Waals surface area contributed by atoms with Gasteiger partial charge < -0.3 is 9.40 Å². The first-order valence-corrected chi connectivity index (χ1v) is 5.17. The van der Waals surface area contributed by atoms with Crippen molar-refractivity contribution in [3.63, 3.8) is 0 Å². The maximum atomic E-state index is 12.0. The van der Waals surface area contributed by atoms with Gasteiger partial charge in [0.15, 0.2) is 5.78 Å². The predicted molar refractivity (Wildman–Crippen MR) is 59.5 cm³/mol. The summed E-state index contributed by atoms with van der Waals surface area (Å²) < 4.78 is 5.43. The molecule has 2 aromatic rings. The summed E-state index contributed by atoms with van der Waals surface area (Å²) in [5, 5.41) is 0. The number of carbonyl (C=O) groups is 1. The van der Waals surface area contributed by atoms with Crippen LogP contribution in [0, 0.1) is 20.8 Å². The van der Waals surface area contributed by atoms with Crippen LogP contribution in [0.15, 0.2) is 16.8 Å². The van der Waals surface area contributed by atoms with Crippen molar-refractivity contribution in [1.82, 2.24) is 9.97 Å². The lowest BCUT2D eigenvalue weighted by Gasteiger charge is -1.98. The molecule has 0 amide bonds. The maximum Gasteiger partial charge on any atom is 0.174 e. The van der Waals surface area contributed by atoms with E-state index in [1.165, 1.54) is 0 Å². The number of nitrogens with zero attached hydrogens (tertiary/aromatic N) is 1. The van der Waals surface area contributed by atoms with E-state index in [1.807, 2.05) is 20.8 Å². The summed E-state index contributed by atoms with van der Waals surface area (Å²) in [6, 6.07) is 0. The van der Waals surface area contributed by atoms with E-state index in [1.54, 1.807) is 12.4 Å². The number of ketones is 1. The predicted octanol–water partition coefficient (Wildman–Crippen LogP) is 2.35. The molecule has 0 aliphatic carbocycles. The number of hydrogen-bond acceptors (Lipinski definition) is 3. The van der Waals surface area contributed by atoms with Crippen LogP contribution in [0.25, 0.3) is 0 Å². The van der Waals surface area contributed by atoms with Gasteiger partial charge >= 0.3 is 0 Å². The Morgan fingerprint density at radius 2 is 2.12 bits per heavy atom. The Labute approximate surface area is 93.7 Å². The molecule has 0 radical (unpaired) electrons. The summed E-state index contributed by atoms with van der Waals surface area (Å²) in [4.78, 5) is 19.0. The first kappa shape index (κ1) is 10.7. The number of imidazole rings is 1. The minimum absolute atomic E-state index is 0.0433. The summed E-state index contributed by atoms with van der Waals surface area (Å²) in [6.45, 7) is 5.59. The Kier molecular flexibility index (Phi) is 2.64.